The molecule has 1 spiro atoms. The first-order valence-electron chi connectivity index (χ1n) is 8.69. The van der Waals surface area contributed by atoms with Gasteiger partial charge in [0.25, 0.3) is 0 Å². The van der Waals surface area contributed by atoms with E-state index in [1.54, 1.807) is 17.0 Å². The number of nitrogens with zero attached hydrogens (tertiary/aromatic N) is 4. The number of anilines is 1. The number of carbonyl (C=O) groups excluding carboxylic acids is 1. The van der Waals surface area contributed by atoms with E-state index in [2.05, 4.69) is 7.36 Å². The number of hydrogen-bond donors (Lipinski definition) is 0. The van der Waals surface area contributed by atoms with Crippen LogP contribution in [0.1, 0.15) is 44.4 Å². The van der Waals surface area contributed by atoms with Crippen LogP contribution in [-0.2, 0) is 10.2 Å². The van der Waals surface area contributed by atoms with Gasteiger partial charge >= 0.3 is 173 Å². The second kappa shape index (κ2) is 6.01. The normalized spacial score (nSPS) is 23.3. The van der Waals surface area contributed by atoms with Crippen molar-refractivity contribution < 1.29 is 14.5 Å². The van der Waals surface area contributed by atoms with E-state index >= 15 is 0 Å². The molecule has 1 aliphatic carbocycles. The number of ether oxygens (including phenoxy) is 1. The summed E-state index contributed by atoms with van der Waals surface area (Å²) in [5, 5.41) is 11.3. The van der Waals surface area contributed by atoms with Gasteiger partial charge in [0.1, 0.15) is 0 Å². The number of benzene rings is 1. The molecule has 2 heterocycles. The van der Waals surface area contributed by atoms with Crippen molar-refractivity contribution >= 4 is 43.5 Å². The van der Waals surface area contributed by atoms with Gasteiger partial charge in [-0.1, -0.05) is 0 Å². The molecule has 8 nitrogen and oxygen atoms in total. The van der Waals surface area contributed by atoms with Crippen LogP contribution in [0.15, 0.2) is 30.7 Å². The minimum absolute atomic E-state index is 0.0414. The van der Waals surface area contributed by atoms with Gasteiger partial charge < -0.3 is 0 Å². The van der Waals surface area contributed by atoms with Gasteiger partial charge in [-0.15, -0.1) is 0 Å². The van der Waals surface area contributed by atoms with Crippen molar-refractivity contribution in [3.05, 3.63) is 52.1 Å². The standard InChI is InChI=1S/C18H19N4O4.Tl/c1-17(2,3)26-16(23)21-9-18(7-13(18)14-8-19-10-20-14)12-6-11(22(24)25)4-5-15(12)21;/h4-6,8,10,13H,7,9H2,1-3H3;/q-1;+1. The minimum atomic E-state index is -0.608. The molecule has 1 aromatic heterocycles. The van der Waals surface area contributed by atoms with Gasteiger partial charge in [0.2, 0.25) is 0 Å². The van der Waals surface area contributed by atoms with E-state index in [4.69, 9.17) is 4.74 Å². The molecule has 0 saturated heterocycles. The summed E-state index contributed by atoms with van der Waals surface area (Å²) in [4.78, 5) is 29.8. The number of non-ortho nitro benzene ring substituents is 1. The Labute approximate surface area is 172 Å². The molecule has 27 heavy (non-hydrogen) atoms. The molecule has 1 saturated carbocycles. The Hall–Kier alpha value is -1.98. The number of fused-ring (bicyclic) bond motifs is 2. The first kappa shape index (κ1) is 18.4. The molecule has 1 aliphatic heterocycles. The van der Waals surface area contributed by atoms with E-state index < -0.39 is 16.6 Å². The molecule has 1 fully saturated rings. The van der Waals surface area contributed by atoms with Crippen molar-refractivity contribution in [3.8, 4) is 0 Å². The predicted octanol–water partition coefficient (Wildman–Crippen LogP) is 2.90. The molecule has 0 bridgehead atoms. The monoisotopic (exact) mass is 560 g/mol. The van der Waals surface area contributed by atoms with Crippen molar-refractivity contribution in [3.63, 3.8) is 0 Å². The molecule has 1 amide bonds. The molecule has 2 atom stereocenters. The van der Waals surface area contributed by atoms with Crippen LogP contribution in [0.3, 0.4) is 0 Å². The summed E-state index contributed by atoms with van der Waals surface area (Å²) in [7, 11) is 0. The summed E-state index contributed by atoms with van der Waals surface area (Å²) in [5.41, 5.74) is 1.64. The Balaban J connectivity index is 1.74. The van der Waals surface area contributed by atoms with E-state index in [1.807, 2.05) is 33.3 Å². The van der Waals surface area contributed by atoms with Gasteiger partial charge in [0.05, 0.1) is 0 Å². The second-order valence-corrected chi connectivity index (χ2v) is 10.5. The van der Waals surface area contributed by atoms with Crippen molar-refractivity contribution in [1.29, 1.82) is 0 Å². The fourth-order valence-corrected chi connectivity index (χ4v) is 4.76. The van der Waals surface area contributed by atoms with E-state index in [0.717, 1.165) is 17.7 Å². The number of hydrogen-bond acceptors (Lipinski definition) is 5. The third-order valence-electron chi connectivity index (χ3n) is 5.13. The van der Waals surface area contributed by atoms with Crippen molar-refractivity contribution in [1.82, 2.24) is 7.36 Å². The summed E-state index contributed by atoms with van der Waals surface area (Å²) in [6.45, 7) is 5.93. The SMILES string of the molecule is CC(C)(C)OC(=O)N1CC2(CC2c2c[n]([Tl])cn2)c2cc([N+](=O)[O-])ccc21. The molecule has 1 aromatic carbocycles. The number of imidazole rings is 1. The third kappa shape index (κ3) is 3.13. The van der Waals surface area contributed by atoms with E-state index in [-0.39, 0.29) is 17.0 Å². The Morgan fingerprint density at radius 2 is 2.19 bits per heavy atom. The Kier molecular flexibility index (Phi) is 4.09. The Morgan fingerprint density at radius 1 is 1.44 bits per heavy atom. The molecule has 2 unspecified atom stereocenters. The number of nitro benzene ring substituents is 1. The molecule has 0 N–H and O–H groups in total. The summed E-state index contributed by atoms with van der Waals surface area (Å²) in [5.74, 6) is 0.158. The van der Waals surface area contributed by atoms with Crippen molar-refractivity contribution in [2.75, 3.05) is 11.4 Å². The first-order valence-corrected chi connectivity index (χ1v) is 10.7. The fraction of sp³-hybridized carbons (Fsp3) is 0.444. The van der Waals surface area contributed by atoms with Crippen LogP contribution < -0.4 is 4.90 Å². The van der Waals surface area contributed by atoms with E-state index in [9.17, 15) is 14.9 Å². The van der Waals surface area contributed by atoms with Gasteiger partial charge in [-0.3, -0.25) is 0 Å². The van der Waals surface area contributed by atoms with Crippen LogP contribution in [0.2, 0.25) is 0 Å². The zero-order valence-corrected chi connectivity index (χ0v) is 19.9. The maximum atomic E-state index is 12.8. The molecule has 9 heteroatoms. The van der Waals surface area contributed by atoms with Crippen LogP contribution in [0.5, 0.6) is 0 Å². The number of nitro groups is 1. The van der Waals surface area contributed by atoms with Crippen LogP contribution in [0.4, 0.5) is 16.2 Å². The quantitative estimate of drug-likeness (QED) is 0.321. The van der Waals surface area contributed by atoms with E-state index in [0.29, 0.717) is 38.3 Å². The molecular weight excluding hydrogens is 541 g/mol. The van der Waals surface area contributed by atoms with Gasteiger partial charge in [0.15, 0.2) is 0 Å². The number of rotatable bonds is 2. The first-order chi connectivity index (χ1) is 12.6. The molecule has 2 aliphatic rings. The van der Waals surface area contributed by atoms with Crippen molar-refractivity contribution in [2.45, 2.75) is 44.1 Å². The van der Waals surface area contributed by atoms with Gasteiger partial charge in [-0.2, -0.15) is 0 Å². The predicted molar refractivity (Wildman–Crippen MR) is 99.1 cm³/mol. The van der Waals surface area contributed by atoms with Gasteiger partial charge in [0, 0.05) is 0 Å². The van der Waals surface area contributed by atoms with Crippen LogP contribution >= 0.6 is 0 Å². The molecule has 138 valence electrons. The van der Waals surface area contributed by atoms with E-state index in [1.165, 1.54) is 6.07 Å². The Morgan fingerprint density at radius 3 is 2.78 bits per heavy atom. The summed E-state index contributed by atoms with van der Waals surface area (Å²) in [6.07, 6.45) is 4.26. The van der Waals surface area contributed by atoms with Gasteiger partial charge in [-0.25, -0.2) is 0 Å². The summed E-state index contributed by atoms with van der Waals surface area (Å²) in [6, 6.07) is 4.72. The van der Waals surface area contributed by atoms with Crippen LogP contribution in [-0.4, -0.2) is 56.6 Å². The molecular formula is C18H19N4O4Tl. The van der Waals surface area contributed by atoms with Crippen LogP contribution in [0.25, 0.3) is 0 Å². The van der Waals surface area contributed by atoms with Crippen LogP contribution in [0, 0.1) is 10.1 Å². The molecule has 0 radical (unpaired) electrons. The van der Waals surface area contributed by atoms with Crippen molar-refractivity contribution in [2.24, 2.45) is 0 Å². The zero-order valence-electron chi connectivity index (χ0n) is 15.4. The number of carbonyl (C=O) groups is 1. The average Bonchev–Trinajstić information content (AvgIpc) is 2.96. The maximum absolute atomic E-state index is 12.8. The topological polar surface area (TPSA) is 90.5 Å². The summed E-state index contributed by atoms with van der Waals surface area (Å²) >= 11 is 0.640. The number of aromatic nitrogens is 2. The van der Waals surface area contributed by atoms with Gasteiger partial charge in [-0.05, 0) is 0 Å². The fourth-order valence-electron chi connectivity index (χ4n) is 3.90. The molecule has 2 aromatic rings. The average molecular weight is 560 g/mol. The second-order valence-electron chi connectivity index (χ2n) is 8.18. The summed E-state index contributed by atoms with van der Waals surface area (Å²) < 4.78 is 7.61. The number of amides is 1. The zero-order chi connectivity index (χ0) is 19.6. The Bertz CT molecular complexity index is 951. The molecule has 4 rings (SSSR count). The third-order valence-corrected chi connectivity index (χ3v) is 6.22.